The van der Waals surface area contributed by atoms with Gasteiger partial charge in [-0.15, -0.1) is 0 Å². The largest absolute Gasteiger partial charge is 0.467 e. The molecule has 1 aromatic rings. The molecule has 3 nitrogen and oxygen atoms in total. The van der Waals surface area contributed by atoms with E-state index in [1.165, 1.54) is 0 Å². The summed E-state index contributed by atoms with van der Waals surface area (Å²) < 4.78 is 11.2. The van der Waals surface area contributed by atoms with Crippen molar-refractivity contribution in [2.75, 3.05) is 0 Å². The van der Waals surface area contributed by atoms with Crippen molar-refractivity contribution in [2.24, 2.45) is 11.7 Å². The summed E-state index contributed by atoms with van der Waals surface area (Å²) in [6.45, 7) is 8.25. The van der Waals surface area contributed by atoms with Gasteiger partial charge in [-0.25, -0.2) is 0 Å². The van der Waals surface area contributed by atoms with Crippen LogP contribution >= 0.6 is 0 Å². The van der Waals surface area contributed by atoms with Crippen LogP contribution < -0.4 is 5.73 Å². The van der Waals surface area contributed by atoms with E-state index in [0.717, 1.165) is 5.76 Å². The molecule has 0 aliphatic rings. The SMILES string of the molecule is CC(C)C(C)OC(c1ccco1)C(C)N. The lowest BCUT2D eigenvalue weighted by Crippen LogP contribution is -2.31. The van der Waals surface area contributed by atoms with Crippen molar-refractivity contribution in [1.29, 1.82) is 0 Å². The van der Waals surface area contributed by atoms with Gasteiger partial charge in [-0.3, -0.25) is 0 Å². The molecule has 3 unspecified atom stereocenters. The molecular formula is C12H21NO2. The molecule has 0 aliphatic carbocycles. The highest BCUT2D eigenvalue weighted by Crippen LogP contribution is 2.24. The van der Waals surface area contributed by atoms with Gasteiger partial charge in [0.25, 0.3) is 0 Å². The smallest absolute Gasteiger partial charge is 0.134 e. The standard InChI is InChI=1S/C12H21NO2/c1-8(2)10(4)15-12(9(3)13)11-6-5-7-14-11/h5-10,12H,13H2,1-4H3. The van der Waals surface area contributed by atoms with Crippen molar-refractivity contribution in [1.82, 2.24) is 0 Å². The molecule has 1 rings (SSSR count). The third kappa shape index (κ3) is 3.36. The summed E-state index contributed by atoms with van der Waals surface area (Å²) in [6.07, 6.45) is 1.66. The van der Waals surface area contributed by atoms with Crippen molar-refractivity contribution in [2.45, 2.75) is 45.9 Å². The molecule has 0 radical (unpaired) electrons. The van der Waals surface area contributed by atoms with Gasteiger partial charge in [-0.05, 0) is 31.9 Å². The van der Waals surface area contributed by atoms with Crippen LogP contribution in [-0.2, 0) is 4.74 Å². The van der Waals surface area contributed by atoms with Crippen LogP contribution in [0.25, 0.3) is 0 Å². The predicted molar refractivity (Wildman–Crippen MR) is 60.5 cm³/mol. The van der Waals surface area contributed by atoms with E-state index in [4.69, 9.17) is 14.9 Å². The molecule has 1 heterocycles. The Labute approximate surface area is 91.6 Å². The Kier molecular flexibility index (Phi) is 4.36. The van der Waals surface area contributed by atoms with E-state index in [1.54, 1.807) is 6.26 Å². The number of hydrogen-bond acceptors (Lipinski definition) is 3. The van der Waals surface area contributed by atoms with Crippen molar-refractivity contribution < 1.29 is 9.15 Å². The Balaban J connectivity index is 2.68. The molecule has 0 fully saturated rings. The summed E-state index contributed by atoms with van der Waals surface area (Å²) in [5, 5.41) is 0. The van der Waals surface area contributed by atoms with Crippen LogP contribution in [0.3, 0.4) is 0 Å². The van der Waals surface area contributed by atoms with E-state index in [1.807, 2.05) is 19.1 Å². The molecule has 0 aliphatic heterocycles. The Morgan fingerprint density at radius 3 is 2.33 bits per heavy atom. The number of hydrogen-bond donors (Lipinski definition) is 1. The summed E-state index contributed by atoms with van der Waals surface area (Å²) in [5.74, 6) is 1.28. The lowest BCUT2D eigenvalue weighted by Gasteiger charge is -2.25. The Bertz CT molecular complexity index is 267. The van der Waals surface area contributed by atoms with Gasteiger partial charge >= 0.3 is 0 Å². The molecule has 1 aromatic heterocycles. The van der Waals surface area contributed by atoms with E-state index in [2.05, 4.69) is 20.8 Å². The first-order valence-corrected chi connectivity index (χ1v) is 5.46. The molecule has 15 heavy (non-hydrogen) atoms. The number of rotatable bonds is 5. The van der Waals surface area contributed by atoms with Crippen molar-refractivity contribution >= 4 is 0 Å². The fourth-order valence-corrected chi connectivity index (χ4v) is 1.29. The van der Waals surface area contributed by atoms with Crippen LogP contribution in [0.1, 0.15) is 39.6 Å². The van der Waals surface area contributed by atoms with Crippen LogP contribution in [0.15, 0.2) is 22.8 Å². The predicted octanol–water partition coefficient (Wildman–Crippen LogP) is 2.73. The van der Waals surface area contributed by atoms with Crippen LogP contribution in [0, 0.1) is 5.92 Å². The normalized spacial score (nSPS) is 17.7. The molecule has 0 spiro atoms. The van der Waals surface area contributed by atoms with Crippen LogP contribution in [-0.4, -0.2) is 12.1 Å². The van der Waals surface area contributed by atoms with Crippen LogP contribution in [0.4, 0.5) is 0 Å². The highest BCUT2D eigenvalue weighted by Gasteiger charge is 2.23. The van der Waals surface area contributed by atoms with Crippen LogP contribution in [0.5, 0.6) is 0 Å². The average molecular weight is 211 g/mol. The lowest BCUT2D eigenvalue weighted by atomic mass is 10.1. The van der Waals surface area contributed by atoms with Crippen molar-refractivity contribution in [3.05, 3.63) is 24.2 Å². The topological polar surface area (TPSA) is 48.4 Å². The zero-order chi connectivity index (χ0) is 11.4. The number of furan rings is 1. The van der Waals surface area contributed by atoms with Gasteiger partial charge in [0.2, 0.25) is 0 Å². The number of ether oxygens (including phenoxy) is 1. The third-order valence-electron chi connectivity index (χ3n) is 2.60. The van der Waals surface area contributed by atoms with Gasteiger partial charge in [0.05, 0.1) is 12.4 Å². The molecule has 2 N–H and O–H groups in total. The molecule has 0 bridgehead atoms. The highest BCUT2D eigenvalue weighted by molar-refractivity contribution is 5.04. The minimum absolute atomic E-state index is 0.0719. The van der Waals surface area contributed by atoms with E-state index in [0.29, 0.717) is 5.92 Å². The molecule has 0 aromatic carbocycles. The minimum Gasteiger partial charge on any atom is -0.467 e. The van der Waals surface area contributed by atoms with E-state index >= 15 is 0 Å². The molecule has 0 saturated carbocycles. The summed E-state index contributed by atoms with van der Waals surface area (Å²) >= 11 is 0. The van der Waals surface area contributed by atoms with Gasteiger partial charge in [-0.2, -0.15) is 0 Å². The second-order valence-electron chi connectivity index (χ2n) is 4.38. The molecular weight excluding hydrogens is 190 g/mol. The first kappa shape index (κ1) is 12.3. The summed E-state index contributed by atoms with van der Waals surface area (Å²) in [5.41, 5.74) is 5.89. The maximum atomic E-state index is 5.90. The molecule has 86 valence electrons. The number of nitrogens with two attached hydrogens (primary N) is 1. The molecule has 3 heteroatoms. The van der Waals surface area contributed by atoms with E-state index in [-0.39, 0.29) is 18.2 Å². The average Bonchev–Trinajstić information content (AvgIpc) is 2.65. The summed E-state index contributed by atoms with van der Waals surface area (Å²) in [6, 6.07) is 3.69. The zero-order valence-corrected chi connectivity index (χ0v) is 9.94. The summed E-state index contributed by atoms with van der Waals surface area (Å²) in [4.78, 5) is 0. The maximum absolute atomic E-state index is 5.90. The monoisotopic (exact) mass is 211 g/mol. The second-order valence-corrected chi connectivity index (χ2v) is 4.38. The zero-order valence-electron chi connectivity index (χ0n) is 9.94. The first-order valence-electron chi connectivity index (χ1n) is 5.46. The van der Waals surface area contributed by atoms with Gasteiger partial charge in [-0.1, -0.05) is 13.8 Å². The maximum Gasteiger partial charge on any atom is 0.134 e. The van der Waals surface area contributed by atoms with Crippen LogP contribution in [0.2, 0.25) is 0 Å². The lowest BCUT2D eigenvalue weighted by molar-refractivity contribution is -0.0460. The van der Waals surface area contributed by atoms with Gasteiger partial charge in [0.1, 0.15) is 11.9 Å². The second kappa shape index (κ2) is 5.33. The van der Waals surface area contributed by atoms with Crippen molar-refractivity contribution in [3.8, 4) is 0 Å². The molecule has 0 saturated heterocycles. The fourth-order valence-electron chi connectivity index (χ4n) is 1.29. The van der Waals surface area contributed by atoms with Gasteiger partial charge < -0.3 is 14.9 Å². The Morgan fingerprint density at radius 2 is 1.93 bits per heavy atom. The van der Waals surface area contributed by atoms with E-state index < -0.39 is 0 Å². The van der Waals surface area contributed by atoms with Crippen molar-refractivity contribution in [3.63, 3.8) is 0 Å². The first-order chi connectivity index (χ1) is 7.02. The highest BCUT2D eigenvalue weighted by atomic mass is 16.5. The van der Waals surface area contributed by atoms with Gasteiger partial charge in [0.15, 0.2) is 0 Å². The molecule has 3 atom stereocenters. The quantitative estimate of drug-likeness (QED) is 0.814. The Morgan fingerprint density at radius 1 is 1.27 bits per heavy atom. The summed E-state index contributed by atoms with van der Waals surface area (Å²) in [7, 11) is 0. The van der Waals surface area contributed by atoms with Gasteiger partial charge in [0, 0.05) is 6.04 Å². The minimum atomic E-state index is -0.155. The Hall–Kier alpha value is -0.800. The molecule has 0 amide bonds. The third-order valence-corrected chi connectivity index (χ3v) is 2.60. The van der Waals surface area contributed by atoms with E-state index in [9.17, 15) is 0 Å². The fraction of sp³-hybridized carbons (Fsp3) is 0.667.